The molecule has 17 heavy (non-hydrogen) atoms. The molecule has 0 bridgehead atoms. The van der Waals surface area contributed by atoms with Crippen molar-refractivity contribution in [3.05, 3.63) is 22.6 Å². The molecule has 0 radical (unpaired) electrons. The van der Waals surface area contributed by atoms with Gasteiger partial charge in [-0.25, -0.2) is 0 Å². The van der Waals surface area contributed by atoms with Crippen molar-refractivity contribution in [3.63, 3.8) is 0 Å². The summed E-state index contributed by atoms with van der Waals surface area (Å²) in [6, 6.07) is 2.28. The highest BCUT2D eigenvalue weighted by Crippen LogP contribution is 2.21. The van der Waals surface area contributed by atoms with Gasteiger partial charge in [-0.3, -0.25) is 4.79 Å². The molecule has 6 heteroatoms. The number of rotatable bonds is 2. The van der Waals surface area contributed by atoms with Crippen LogP contribution >= 0.6 is 28.3 Å². The van der Waals surface area contributed by atoms with E-state index in [1.54, 1.807) is 6.07 Å². The van der Waals surface area contributed by atoms with Crippen molar-refractivity contribution in [2.24, 2.45) is 0 Å². The van der Waals surface area contributed by atoms with Gasteiger partial charge in [-0.1, -0.05) is 0 Å². The van der Waals surface area contributed by atoms with Gasteiger partial charge >= 0.3 is 0 Å². The Morgan fingerprint density at radius 3 is 2.65 bits per heavy atom. The van der Waals surface area contributed by atoms with Gasteiger partial charge in [0.2, 0.25) is 5.76 Å². The number of hydrogen-bond donors (Lipinski definition) is 1. The maximum absolute atomic E-state index is 12.1. The fourth-order valence-corrected chi connectivity index (χ4v) is 2.33. The predicted molar refractivity (Wildman–Crippen MR) is 71.6 cm³/mol. The lowest BCUT2D eigenvalue weighted by Crippen LogP contribution is -2.43. The fraction of sp³-hybridized carbons (Fsp3) is 0.545. The molecule has 1 fully saturated rings. The Kier molecular flexibility index (Phi) is 5.49. The van der Waals surface area contributed by atoms with Crippen LogP contribution in [0, 0.1) is 0 Å². The van der Waals surface area contributed by atoms with Crippen LogP contribution in [0.3, 0.4) is 0 Å². The van der Waals surface area contributed by atoms with Crippen molar-refractivity contribution in [1.82, 2.24) is 10.2 Å². The summed E-state index contributed by atoms with van der Waals surface area (Å²) in [5.74, 6) is 0.384. The topological polar surface area (TPSA) is 45.5 Å². The lowest BCUT2D eigenvalue weighted by atomic mass is 10.1. The minimum absolute atomic E-state index is 0. The molecular weight excluding hydrogens is 307 g/mol. The van der Waals surface area contributed by atoms with Crippen LogP contribution in [0.5, 0.6) is 0 Å². The predicted octanol–water partition coefficient (Wildman–Crippen LogP) is 2.29. The van der Waals surface area contributed by atoms with Gasteiger partial charge in [0.05, 0.1) is 10.7 Å². The molecule has 0 atom stereocenters. The normalized spacial score (nSPS) is 16.7. The molecule has 0 spiro atoms. The van der Waals surface area contributed by atoms with Crippen molar-refractivity contribution >= 4 is 34.2 Å². The summed E-state index contributed by atoms with van der Waals surface area (Å²) < 4.78 is 5.91. The summed E-state index contributed by atoms with van der Waals surface area (Å²) >= 11 is 3.31. The number of nitrogens with zero attached hydrogens (tertiary/aromatic N) is 1. The zero-order chi connectivity index (χ0) is 11.5. The van der Waals surface area contributed by atoms with E-state index in [-0.39, 0.29) is 18.3 Å². The van der Waals surface area contributed by atoms with Crippen molar-refractivity contribution in [2.75, 3.05) is 20.1 Å². The second-order valence-corrected chi connectivity index (χ2v) is 4.81. The molecule has 0 aliphatic carbocycles. The minimum atomic E-state index is -0.0218. The lowest BCUT2D eigenvalue weighted by Gasteiger charge is -2.31. The molecule has 4 nitrogen and oxygen atoms in total. The van der Waals surface area contributed by atoms with Crippen LogP contribution in [-0.4, -0.2) is 37.0 Å². The van der Waals surface area contributed by atoms with Crippen LogP contribution in [0.2, 0.25) is 0 Å². The van der Waals surface area contributed by atoms with E-state index < -0.39 is 0 Å². The Balaban J connectivity index is 0.00000144. The molecule has 96 valence electrons. The van der Waals surface area contributed by atoms with Crippen LogP contribution in [0.4, 0.5) is 0 Å². The van der Waals surface area contributed by atoms with Crippen LogP contribution in [0.1, 0.15) is 23.4 Å². The second-order valence-electron chi connectivity index (χ2n) is 3.95. The van der Waals surface area contributed by atoms with Crippen molar-refractivity contribution < 1.29 is 9.21 Å². The maximum Gasteiger partial charge on any atom is 0.290 e. The smallest absolute Gasteiger partial charge is 0.290 e. The van der Waals surface area contributed by atoms with Crippen LogP contribution in [0.15, 0.2) is 21.2 Å². The van der Waals surface area contributed by atoms with E-state index in [9.17, 15) is 4.79 Å². The molecule has 2 rings (SSSR count). The number of hydrogen-bond acceptors (Lipinski definition) is 3. The highest BCUT2D eigenvalue weighted by molar-refractivity contribution is 9.10. The fourth-order valence-electron chi connectivity index (χ4n) is 1.96. The Bertz CT molecular complexity index is 375. The minimum Gasteiger partial charge on any atom is -0.458 e. The van der Waals surface area contributed by atoms with Crippen molar-refractivity contribution in [2.45, 2.75) is 18.9 Å². The maximum atomic E-state index is 12.1. The van der Waals surface area contributed by atoms with Gasteiger partial charge in [-0.15, -0.1) is 12.4 Å². The van der Waals surface area contributed by atoms with E-state index in [4.69, 9.17) is 4.42 Å². The summed E-state index contributed by atoms with van der Waals surface area (Å²) in [5.41, 5.74) is 0. The molecule has 1 aromatic rings. The first-order valence-electron chi connectivity index (χ1n) is 5.42. The van der Waals surface area contributed by atoms with Gasteiger partial charge in [0.25, 0.3) is 5.91 Å². The van der Waals surface area contributed by atoms with Crippen molar-refractivity contribution in [1.29, 1.82) is 0 Å². The first-order chi connectivity index (χ1) is 7.72. The number of halogens is 2. The number of nitrogens with one attached hydrogen (secondary N) is 1. The van der Waals surface area contributed by atoms with Gasteiger partial charge < -0.3 is 14.6 Å². The summed E-state index contributed by atoms with van der Waals surface area (Å²) in [6.07, 6.45) is 3.53. The zero-order valence-corrected chi connectivity index (χ0v) is 12.0. The number of likely N-dealkylation sites (tertiary alicyclic amines) is 1. The molecule has 1 aromatic heterocycles. The Labute approximate surface area is 115 Å². The standard InChI is InChI=1S/C11H15BrN2O2.ClH/c1-13-8-2-5-14(6-3-8)11(15)10-9(12)4-7-16-10;/h4,7-8,13H,2-3,5-6H2,1H3;1H. The van der Waals surface area contributed by atoms with E-state index >= 15 is 0 Å². The number of piperidine rings is 1. The summed E-state index contributed by atoms with van der Waals surface area (Å²) in [6.45, 7) is 1.58. The van der Waals surface area contributed by atoms with Crippen LogP contribution < -0.4 is 5.32 Å². The van der Waals surface area contributed by atoms with E-state index in [1.807, 2.05) is 11.9 Å². The van der Waals surface area contributed by atoms with E-state index in [2.05, 4.69) is 21.2 Å². The van der Waals surface area contributed by atoms with E-state index in [1.165, 1.54) is 6.26 Å². The highest BCUT2D eigenvalue weighted by Gasteiger charge is 2.25. The monoisotopic (exact) mass is 322 g/mol. The molecule has 0 saturated carbocycles. The van der Waals surface area contributed by atoms with E-state index in [0.717, 1.165) is 30.4 Å². The molecule has 2 heterocycles. The number of carbonyl (C=O) groups is 1. The SMILES string of the molecule is CNC1CCN(C(=O)c2occc2Br)CC1.Cl. The summed E-state index contributed by atoms with van der Waals surface area (Å²) in [4.78, 5) is 13.9. The van der Waals surface area contributed by atoms with Gasteiger partial charge in [-0.05, 0) is 41.9 Å². The Morgan fingerprint density at radius 1 is 1.53 bits per heavy atom. The molecule has 1 saturated heterocycles. The molecule has 1 amide bonds. The zero-order valence-electron chi connectivity index (χ0n) is 9.61. The molecular formula is C11H16BrClN2O2. The summed E-state index contributed by atoms with van der Waals surface area (Å²) in [5, 5.41) is 3.24. The van der Waals surface area contributed by atoms with Gasteiger partial charge in [-0.2, -0.15) is 0 Å². The Morgan fingerprint density at radius 2 is 2.18 bits per heavy atom. The molecule has 1 N–H and O–H groups in total. The average molecular weight is 324 g/mol. The van der Waals surface area contributed by atoms with E-state index in [0.29, 0.717) is 11.8 Å². The third-order valence-corrected chi connectivity index (χ3v) is 3.63. The van der Waals surface area contributed by atoms with Gasteiger partial charge in [0, 0.05) is 19.1 Å². The second kappa shape index (κ2) is 6.42. The summed E-state index contributed by atoms with van der Waals surface area (Å²) in [7, 11) is 1.96. The number of amides is 1. The first kappa shape index (κ1) is 14.5. The Hall–Kier alpha value is -0.520. The number of carbonyl (C=O) groups excluding carboxylic acids is 1. The largest absolute Gasteiger partial charge is 0.458 e. The van der Waals surface area contributed by atoms with Crippen LogP contribution in [-0.2, 0) is 0 Å². The quantitative estimate of drug-likeness (QED) is 0.908. The number of furan rings is 1. The van der Waals surface area contributed by atoms with Gasteiger partial charge in [0.1, 0.15) is 0 Å². The molecule has 1 aliphatic heterocycles. The third kappa shape index (κ3) is 3.24. The molecule has 0 unspecified atom stereocenters. The molecule has 0 aromatic carbocycles. The highest BCUT2D eigenvalue weighted by atomic mass is 79.9. The van der Waals surface area contributed by atoms with Gasteiger partial charge in [0.15, 0.2) is 0 Å². The lowest BCUT2D eigenvalue weighted by molar-refractivity contribution is 0.0674. The van der Waals surface area contributed by atoms with Crippen LogP contribution in [0.25, 0.3) is 0 Å². The molecule has 1 aliphatic rings. The third-order valence-electron chi connectivity index (χ3n) is 3.00. The van der Waals surface area contributed by atoms with Crippen molar-refractivity contribution in [3.8, 4) is 0 Å². The average Bonchev–Trinajstić information content (AvgIpc) is 2.75. The first-order valence-corrected chi connectivity index (χ1v) is 6.21.